The number of nitrogens with zero attached hydrogens (tertiary/aromatic N) is 3. The number of aryl methyl sites for hydroxylation is 2. The summed E-state index contributed by atoms with van der Waals surface area (Å²) >= 11 is 0. The van der Waals surface area contributed by atoms with Gasteiger partial charge in [-0.1, -0.05) is 0 Å². The Hall–Kier alpha value is -2.63. The average Bonchev–Trinajstić information content (AvgIpc) is 3.17. The molecule has 0 radical (unpaired) electrons. The maximum atomic E-state index is 12.8. The van der Waals surface area contributed by atoms with Crippen LogP contribution in [0.15, 0.2) is 28.8 Å². The van der Waals surface area contributed by atoms with Crippen LogP contribution in [0, 0.1) is 13.8 Å². The Morgan fingerprint density at radius 1 is 1.42 bits per heavy atom. The van der Waals surface area contributed by atoms with Gasteiger partial charge in [0.15, 0.2) is 5.89 Å². The number of pyridine rings is 1. The molecule has 1 aliphatic heterocycles. The van der Waals surface area contributed by atoms with E-state index in [2.05, 4.69) is 21.0 Å². The van der Waals surface area contributed by atoms with Gasteiger partial charge in [0.2, 0.25) is 5.76 Å². The molecule has 1 amide bonds. The van der Waals surface area contributed by atoms with E-state index in [0.29, 0.717) is 29.8 Å². The molecule has 0 aliphatic carbocycles. The van der Waals surface area contributed by atoms with E-state index < -0.39 is 0 Å². The maximum Gasteiger partial charge on any atom is 0.291 e. The van der Waals surface area contributed by atoms with Crippen molar-refractivity contribution >= 4 is 16.9 Å². The van der Waals surface area contributed by atoms with E-state index in [4.69, 9.17) is 4.42 Å². The number of hydrogen-bond acceptors (Lipinski definition) is 4. The first-order valence-electron chi connectivity index (χ1n) is 8.29. The van der Waals surface area contributed by atoms with Crippen molar-refractivity contribution in [1.29, 1.82) is 0 Å². The molecule has 1 fully saturated rings. The quantitative estimate of drug-likeness (QED) is 0.785. The number of nitrogens with one attached hydrogen (secondary N) is 1. The summed E-state index contributed by atoms with van der Waals surface area (Å²) in [7, 11) is 0. The summed E-state index contributed by atoms with van der Waals surface area (Å²) in [5.74, 6) is 1.13. The fraction of sp³-hybridized carbons (Fsp3) is 0.389. The van der Waals surface area contributed by atoms with Crippen LogP contribution in [0.25, 0.3) is 11.0 Å². The number of amides is 1. The first-order valence-corrected chi connectivity index (χ1v) is 8.29. The standard InChI is InChI=1S/C18H20N4O2/c1-11-17(24-12(2)20-11)18(23)22-8-4-5-13(10-22)15-9-16-14(21-15)6-3-7-19-16/h3,6-7,9,13,21H,4-5,8,10H2,1-2H3. The molecule has 3 aromatic heterocycles. The molecular formula is C18H20N4O2. The number of oxazole rings is 1. The zero-order chi connectivity index (χ0) is 16.7. The summed E-state index contributed by atoms with van der Waals surface area (Å²) in [5, 5.41) is 0. The third kappa shape index (κ3) is 2.58. The van der Waals surface area contributed by atoms with E-state index in [0.717, 1.165) is 36.1 Å². The van der Waals surface area contributed by atoms with E-state index >= 15 is 0 Å². The van der Waals surface area contributed by atoms with Gasteiger partial charge in [-0.2, -0.15) is 0 Å². The smallest absolute Gasteiger partial charge is 0.291 e. The Bertz CT molecular complexity index is 862. The lowest BCUT2D eigenvalue weighted by molar-refractivity contribution is 0.0671. The van der Waals surface area contributed by atoms with Crippen LogP contribution in [0.3, 0.4) is 0 Å². The summed E-state index contributed by atoms with van der Waals surface area (Å²) in [6.07, 6.45) is 3.84. The Morgan fingerprint density at radius 2 is 2.29 bits per heavy atom. The third-order valence-electron chi connectivity index (χ3n) is 4.66. The molecule has 24 heavy (non-hydrogen) atoms. The summed E-state index contributed by atoms with van der Waals surface area (Å²) in [6, 6.07) is 6.05. The minimum absolute atomic E-state index is 0.0629. The van der Waals surface area contributed by atoms with Crippen molar-refractivity contribution in [2.24, 2.45) is 0 Å². The van der Waals surface area contributed by atoms with Crippen molar-refractivity contribution in [3.8, 4) is 0 Å². The van der Waals surface area contributed by atoms with Crippen molar-refractivity contribution in [2.45, 2.75) is 32.6 Å². The van der Waals surface area contributed by atoms with Crippen molar-refractivity contribution in [2.75, 3.05) is 13.1 Å². The zero-order valence-corrected chi connectivity index (χ0v) is 13.9. The van der Waals surface area contributed by atoms with Gasteiger partial charge in [-0.05, 0) is 38.0 Å². The number of piperidine rings is 1. The first-order chi connectivity index (χ1) is 11.6. The fourth-order valence-corrected chi connectivity index (χ4v) is 3.49. The molecule has 6 nitrogen and oxygen atoms in total. The molecule has 1 saturated heterocycles. The highest BCUT2D eigenvalue weighted by Gasteiger charge is 2.29. The van der Waals surface area contributed by atoms with Crippen molar-refractivity contribution < 1.29 is 9.21 Å². The molecule has 0 aromatic carbocycles. The number of H-pyrrole nitrogens is 1. The average molecular weight is 324 g/mol. The Labute approximate surface area is 139 Å². The van der Waals surface area contributed by atoms with Gasteiger partial charge >= 0.3 is 0 Å². The second-order valence-corrected chi connectivity index (χ2v) is 6.40. The maximum absolute atomic E-state index is 12.8. The number of aromatic nitrogens is 3. The largest absolute Gasteiger partial charge is 0.436 e. The van der Waals surface area contributed by atoms with Gasteiger partial charge in [-0.15, -0.1) is 0 Å². The van der Waals surface area contributed by atoms with Crippen LogP contribution in [0.2, 0.25) is 0 Å². The SMILES string of the molecule is Cc1nc(C)c(C(=O)N2CCCC(c3cc4ncccc4[nH]3)C2)o1. The molecule has 0 saturated carbocycles. The monoisotopic (exact) mass is 324 g/mol. The molecule has 1 N–H and O–H groups in total. The molecular weight excluding hydrogens is 304 g/mol. The lowest BCUT2D eigenvalue weighted by atomic mass is 9.94. The van der Waals surface area contributed by atoms with E-state index in [-0.39, 0.29) is 5.91 Å². The van der Waals surface area contributed by atoms with Crippen molar-refractivity contribution in [1.82, 2.24) is 19.9 Å². The van der Waals surface area contributed by atoms with Crippen LogP contribution in [0.5, 0.6) is 0 Å². The second kappa shape index (κ2) is 5.78. The fourth-order valence-electron chi connectivity index (χ4n) is 3.49. The highest BCUT2D eigenvalue weighted by atomic mass is 16.4. The molecule has 0 bridgehead atoms. The van der Waals surface area contributed by atoms with Crippen LogP contribution >= 0.6 is 0 Å². The van der Waals surface area contributed by atoms with Gasteiger partial charge < -0.3 is 14.3 Å². The highest BCUT2D eigenvalue weighted by Crippen LogP contribution is 2.29. The minimum atomic E-state index is -0.0629. The van der Waals surface area contributed by atoms with Crippen molar-refractivity contribution in [3.63, 3.8) is 0 Å². The molecule has 1 unspecified atom stereocenters. The third-order valence-corrected chi connectivity index (χ3v) is 4.66. The van der Waals surface area contributed by atoms with Crippen LogP contribution in [0.1, 0.15) is 46.6 Å². The predicted octanol–water partition coefficient (Wildman–Crippen LogP) is 3.19. The van der Waals surface area contributed by atoms with E-state index in [9.17, 15) is 4.79 Å². The number of carbonyl (C=O) groups excluding carboxylic acids is 1. The summed E-state index contributed by atoms with van der Waals surface area (Å²) in [6.45, 7) is 5.02. The Kier molecular flexibility index (Phi) is 3.59. The molecule has 124 valence electrons. The highest BCUT2D eigenvalue weighted by molar-refractivity contribution is 5.92. The van der Waals surface area contributed by atoms with Gasteiger partial charge in [0.05, 0.1) is 16.7 Å². The van der Waals surface area contributed by atoms with Crippen LogP contribution < -0.4 is 0 Å². The molecule has 1 aliphatic rings. The van der Waals surface area contributed by atoms with Crippen molar-refractivity contribution in [3.05, 3.63) is 47.4 Å². The summed E-state index contributed by atoms with van der Waals surface area (Å²) in [5.41, 5.74) is 3.82. The van der Waals surface area contributed by atoms with Crippen LogP contribution in [-0.4, -0.2) is 38.8 Å². The Balaban J connectivity index is 1.57. The van der Waals surface area contributed by atoms with Crippen LogP contribution in [0.4, 0.5) is 0 Å². The normalized spacial score (nSPS) is 18.2. The number of likely N-dealkylation sites (tertiary alicyclic amines) is 1. The van der Waals surface area contributed by atoms with Gasteiger partial charge in [0.1, 0.15) is 0 Å². The van der Waals surface area contributed by atoms with Crippen LogP contribution in [-0.2, 0) is 0 Å². The number of hydrogen-bond donors (Lipinski definition) is 1. The number of rotatable bonds is 2. The predicted molar refractivity (Wildman–Crippen MR) is 89.9 cm³/mol. The molecule has 6 heteroatoms. The van der Waals surface area contributed by atoms with Gasteiger partial charge in [-0.3, -0.25) is 9.78 Å². The summed E-state index contributed by atoms with van der Waals surface area (Å²) in [4.78, 5) is 26.7. The van der Waals surface area contributed by atoms with Gasteiger partial charge in [0.25, 0.3) is 5.91 Å². The number of fused-ring (bicyclic) bond motifs is 1. The number of aromatic amines is 1. The lowest BCUT2D eigenvalue weighted by Crippen LogP contribution is -2.39. The zero-order valence-electron chi connectivity index (χ0n) is 13.9. The summed E-state index contributed by atoms with van der Waals surface area (Å²) < 4.78 is 5.50. The Morgan fingerprint density at radius 3 is 3.04 bits per heavy atom. The van der Waals surface area contributed by atoms with Gasteiger partial charge in [-0.25, -0.2) is 4.98 Å². The molecule has 1 atom stereocenters. The van der Waals surface area contributed by atoms with Gasteiger partial charge in [0, 0.05) is 37.8 Å². The van der Waals surface area contributed by atoms with E-state index in [1.165, 1.54) is 0 Å². The molecule has 4 rings (SSSR count). The molecule has 3 aromatic rings. The van der Waals surface area contributed by atoms with E-state index in [1.807, 2.05) is 24.0 Å². The topological polar surface area (TPSA) is 75.0 Å². The minimum Gasteiger partial charge on any atom is -0.436 e. The van der Waals surface area contributed by atoms with E-state index in [1.54, 1.807) is 13.1 Å². The second-order valence-electron chi connectivity index (χ2n) is 6.40. The first kappa shape index (κ1) is 14.9. The number of carbonyl (C=O) groups is 1. The lowest BCUT2D eigenvalue weighted by Gasteiger charge is -2.31. The molecule has 4 heterocycles. The molecule has 0 spiro atoms.